The molecule has 1 amide bonds. The van der Waals surface area contributed by atoms with Crippen molar-refractivity contribution >= 4 is 11.9 Å². The number of carbonyl (C=O) groups excluding carboxylic acids is 1. The lowest BCUT2D eigenvalue weighted by atomic mass is 9.92. The van der Waals surface area contributed by atoms with Crippen molar-refractivity contribution in [2.24, 2.45) is 11.8 Å². The van der Waals surface area contributed by atoms with Gasteiger partial charge in [-0.25, -0.2) is 0 Å². The van der Waals surface area contributed by atoms with E-state index >= 15 is 0 Å². The summed E-state index contributed by atoms with van der Waals surface area (Å²) in [6.45, 7) is 3.59. The van der Waals surface area contributed by atoms with E-state index < -0.39 is 11.9 Å². The van der Waals surface area contributed by atoms with Gasteiger partial charge in [-0.2, -0.15) is 0 Å². The number of aliphatic carboxylic acids is 1. The van der Waals surface area contributed by atoms with Gasteiger partial charge in [-0.15, -0.1) is 0 Å². The van der Waals surface area contributed by atoms with Crippen LogP contribution >= 0.6 is 0 Å². The molecule has 12 heavy (non-hydrogen) atoms. The Kier molecular flexibility index (Phi) is 4.33. The first-order valence-electron chi connectivity index (χ1n) is 3.92. The number of carboxylic acids is 1. The van der Waals surface area contributed by atoms with Crippen LogP contribution in [0.1, 0.15) is 20.3 Å². The number of carbonyl (C=O) groups is 2. The van der Waals surface area contributed by atoms with Crippen LogP contribution in [0.25, 0.3) is 0 Å². The smallest absolute Gasteiger partial charge is 0.307 e. The Bertz CT molecular complexity index is 177. The predicted octanol–water partition coefficient (Wildman–Crippen LogP) is 0.479. The zero-order valence-electron chi connectivity index (χ0n) is 7.63. The first kappa shape index (κ1) is 10.9. The van der Waals surface area contributed by atoms with E-state index in [0.717, 1.165) is 0 Å². The minimum atomic E-state index is -0.909. The van der Waals surface area contributed by atoms with Crippen molar-refractivity contribution in [3.8, 4) is 0 Å². The fraction of sp³-hybridized carbons (Fsp3) is 0.750. The van der Waals surface area contributed by atoms with Crippen LogP contribution in [0.5, 0.6) is 0 Å². The summed E-state index contributed by atoms with van der Waals surface area (Å²) in [5.41, 5.74) is 0. The van der Waals surface area contributed by atoms with Gasteiger partial charge in [0.15, 0.2) is 0 Å². The Morgan fingerprint density at radius 3 is 2.17 bits per heavy atom. The second-order valence-corrected chi connectivity index (χ2v) is 3.07. The van der Waals surface area contributed by atoms with Crippen LogP contribution in [-0.4, -0.2) is 24.0 Å². The van der Waals surface area contributed by atoms with Gasteiger partial charge in [0.1, 0.15) is 0 Å². The maximum absolute atomic E-state index is 10.9. The molecule has 0 bridgehead atoms. The number of carboxylic acid groups (broad SMARTS) is 1. The quantitative estimate of drug-likeness (QED) is 0.649. The Balaban J connectivity index is 4.14. The minimum Gasteiger partial charge on any atom is -0.481 e. The molecule has 0 aromatic heterocycles. The monoisotopic (exact) mass is 173 g/mol. The maximum atomic E-state index is 10.9. The van der Waals surface area contributed by atoms with Crippen LogP contribution in [0.2, 0.25) is 0 Å². The van der Waals surface area contributed by atoms with Gasteiger partial charge in [-0.3, -0.25) is 9.59 Å². The normalized spacial score (nSPS) is 12.7. The minimum absolute atomic E-state index is 0.0141. The Labute approximate surface area is 72.0 Å². The molecule has 1 atom stereocenters. The molecular weight excluding hydrogens is 158 g/mol. The number of hydrogen-bond acceptors (Lipinski definition) is 2. The number of nitrogens with one attached hydrogen (secondary N) is 1. The van der Waals surface area contributed by atoms with E-state index in [0.29, 0.717) is 0 Å². The summed E-state index contributed by atoms with van der Waals surface area (Å²) in [6, 6.07) is 0. The van der Waals surface area contributed by atoms with E-state index in [1.165, 1.54) is 7.05 Å². The largest absolute Gasteiger partial charge is 0.481 e. The van der Waals surface area contributed by atoms with Gasteiger partial charge in [0.25, 0.3) is 0 Å². The molecular formula is C8H15NO3. The molecule has 0 rings (SSSR count). The van der Waals surface area contributed by atoms with E-state index in [1.54, 1.807) is 13.8 Å². The summed E-state index contributed by atoms with van der Waals surface area (Å²) in [5, 5.41) is 11.1. The van der Waals surface area contributed by atoms with E-state index in [9.17, 15) is 9.59 Å². The molecule has 70 valence electrons. The molecule has 1 unspecified atom stereocenters. The van der Waals surface area contributed by atoms with Crippen LogP contribution in [-0.2, 0) is 9.59 Å². The lowest BCUT2D eigenvalue weighted by Crippen LogP contribution is -2.28. The first-order valence-corrected chi connectivity index (χ1v) is 3.92. The highest BCUT2D eigenvalue weighted by Gasteiger charge is 2.23. The average Bonchev–Trinajstić information content (AvgIpc) is 1.98. The van der Waals surface area contributed by atoms with Gasteiger partial charge in [-0.1, -0.05) is 13.8 Å². The zero-order valence-corrected chi connectivity index (χ0v) is 7.63. The summed E-state index contributed by atoms with van der Waals surface area (Å²) in [4.78, 5) is 21.5. The average molecular weight is 173 g/mol. The van der Waals surface area contributed by atoms with Crippen LogP contribution < -0.4 is 5.32 Å². The third kappa shape index (κ3) is 3.37. The molecule has 4 nitrogen and oxygen atoms in total. The van der Waals surface area contributed by atoms with Crippen LogP contribution in [0.3, 0.4) is 0 Å². The molecule has 0 aromatic carbocycles. The molecule has 0 aliphatic rings. The van der Waals surface area contributed by atoms with E-state index in [2.05, 4.69) is 5.32 Å². The van der Waals surface area contributed by atoms with Crippen LogP contribution in [0.15, 0.2) is 0 Å². The van der Waals surface area contributed by atoms with Crippen molar-refractivity contribution in [2.75, 3.05) is 7.05 Å². The molecule has 0 heterocycles. The second-order valence-electron chi connectivity index (χ2n) is 3.07. The molecule has 0 fully saturated rings. The third-order valence-electron chi connectivity index (χ3n) is 1.81. The van der Waals surface area contributed by atoms with E-state index in [1.807, 2.05) is 0 Å². The molecule has 0 saturated heterocycles. The van der Waals surface area contributed by atoms with Gasteiger partial charge in [0.05, 0.1) is 5.92 Å². The number of rotatable bonds is 4. The van der Waals surface area contributed by atoms with Crippen molar-refractivity contribution in [1.29, 1.82) is 0 Å². The Morgan fingerprint density at radius 2 is 1.92 bits per heavy atom. The number of amides is 1. The Hall–Kier alpha value is -1.06. The highest BCUT2D eigenvalue weighted by atomic mass is 16.4. The summed E-state index contributed by atoms with van der Waals surface area (Å²) < 4.78 is 0. The molecule has 0 saturated carbocycles. The highest BCUT2D eigenvalue weighted by molar-refractivity contribution is 5.82. The molecule has 0 aromatic rings. The fourth-order valence-electron chi connectivity index (χ4n) is 0.910. The van der Waals surface area contributed by atoms with Crippen molar-refractivity contribution in [3.05, 3.63) is 0 Å². The van der Waals surface area contributed by atoms with Crippen molar-refractivity contribution in [2.45, 2.75) is 20.3 Å². The molecule has 4 heteroatoms. The second kappa shape index (κ2) is 4.74. The SMILES string of the molecule is CNC(=O)CC(C(=O)O)C(C)C. The molecule has 0 aliphatic carbocycles. The van der Waals surface area contributed by atoms with E-state index in [4.69, 9.17) is 5.11 Å². The van der Waals surface area contributed by atoms with Gasteiger partial charge >= 0.3 is 5.97 Å². The first-order chi connectivity index (χ1) is 5.49. The van der Waals surface area contributed by atoms with Gasteiger partial charge < -0.3 is 10.4 Å². The van der Waals surface area contributed by atoms with Gasteiger partial charge in [0.2, 0.25) is 5.91 Å². The summed E-state index contributed by atoms with van der Waals surface area (Å²) in [5.74, 6) is -1.73. The lowest BCUT2D eigenvalue weighted by molar-refractivity contribution is -0.145. The zero-order chi connectivity index (χ0) is 9.72. The van der Waals surface area contributed by atoms with Gasteiger partial charge in [0, 0.05) is 13.5 Å². The standard InChI is InChI=1S/C8H15NO3/c1-5(2)6(8(11)12)4-7(10)9-3/h5-6H,4H2,1-3H3,(H,9,10)(H,11,12). The van der Waals surface area contributed by atoms with Crippen molar-refractivity contribution < 1.29 is 14.7 Å². The van der Waals surface area contributed by atoms with Crippen LogP contribution in [0, 0.1) is 11.8 Å². The number of hydrogen-bond donors (Lipinski definition) is 2. The highest BCUT2D eigenvalue weighted by Crippen LogP contribution is 2.14. The molecule has 0 radical (unpaired) electrons. The van der Waals surface area contributed by atoms with E-state index in [-0.39, 0.29) is 18.2 Å². The maximum Gasteiger partial charge on any atom is 0.307 e. The predicted molar refractivity (Wildman–Crippen MR) is 44.6 cm³/mol. The van der Waals surface area contributed by atoms with Crippen molar-refractivity contribution in [1.82, 2.24) is 5.32 Å². The molecule has 0 spiro atoms. The Morgan fingerprint density at radius 1 is 1.42 bits per heavy atom. The lowest BCUT2D eigenvalue weighted by Gasteiger charge is -2.14. The topological polar surface area (TPSA) is 66.4 Å². The van der Waals surface area contributed by atoms with Gasteiger partial charge in [-0.05, 0) is 5.92 Å². The third-order valence-corrected chi connectivity index (χ3v) is 1.81. The van der Waals surface area contributed by atoms with Crippen LogP contribution in [0.4, 0.5) is 0 Å². The molecule has 0 aliphatic heterocycles. The fourth-order valence-corrected chi connectivity index (χ4v) is 0.910. The molecule has 2 N–H and O–H groups in total. The summed E-state index contributed by atoms with van der Waals surface area (Å²) >= 11 is 0. The summed E-state index contributed by atoms with van der Waals surface area (Å²) in [6.07, 6.45) is 0.0590. The van der Waals surface area contributed by atoms with Crippen molar-refractivity contribution in [3.63, 3.8) is 0 Å². The summed E-state index contributed by atoms with van der Waals surface area (Å²) in [7, 11) is 1.50.